The van der Waals surface area contributed by atoms with Crippen LogP contribution >= 0.6 is 11.6 Å². The lowest BCUT2D eigenvalue weighted by molar-refractivity contribution is -0.146. The molecule has 4 bridgehead atoms. The van der Waals surface area contributed by atoms with Crippen LogP contribution in [0.5, 0.6) is 0 Å². The highest BCUT2D eigenvalue weighted by Gasteiger charge is 2.54. The van der Waals surface area contributed by atoms with Crippen molar-refractivity contribution in [2.24, 2.45) is 23.2 Å². The molecule has 0 aromatic heterocycles. The second-order valence-corrected chi connectivity index (χ2v) is 7.62. The second-order valence-electron chi connectivity index (χ2n) is 7.24. The third-order valence-electron chi connectivity index (χ3n) is 5.57. The van der Waals surface area contributed by atoms with Gasteiger partial charge in [-0.2, -0.15) is 0 Å². The Balaban J connectivity index is 1.46. The van der Waals surface area contributed by atoms with Crippen LogP contribution in [0.3, 0.4) is 0 Å². The summed E-state index contributed by atoms with van der Waals surface area (Å²) in [6, 6.07) is 0. The van der Waals surface area contributed by atoms with Crippen molar-refractivity contribution in [2.45, 2.75) is 44.9 Å². The summed E-state index contributed by atoms with van der Waals surface area (Å²) < 4.78 is 0. The van der Waals surface area contributed by atoms with Crippen molar-refractivity contribution >= 4 is 23.4 Å². The van der Waals surface area contributed by atoms with Gasteiger partial charge in [-0.15, -0.1) is 11.6 Å². The number of alkyl halides is 1. The summed E-state index contributed by atoms with van der Waals surface area (Å²) in [6.45, 7) is 1.02. The van der Waals surface area contributed by atoms with Crippen LogP contribution in [0.4, 0.5) is 0 Å². The fraction of sp³-hybridized carbons (Fsp3) is 0.875. The Morgan fingerprint density at radius 1 is 0.952 bits per heavy atom. The van der Waals surface area contributed by atoms with Crippen LogP contribution < -0.4 is 10.6 Å². The van der Waals surface area contributed by atoms with Crippen molar-refractivity contribution in [1.82, 2.24) is 10.6 Å². The van der Waals surface area contributed by atoms with Crippen LogP contribution in [-0.2, 0) is 9.59 Å². The molecule has 4 aliphatic rings. The van der Waals surface area contributed by atoms with E-state index in [1.165, 1.54) is 19.3 Å². The molecule has 2 amide bonds. The number of rotatable bonds is 6. The van der Waals surface area contributed by atoms with E-state index in [-0.39, 0.29) is 17.2 Å². The molecule has 0 atom stereocenters. The Morgan fingerprint density at radius 3 is 2.00 bits per heavy atom. The fourth-order valence-electron chi connectivity index (χ4n) is 5.13. The number of hydrogen-bond donors (Lipinski definition) is 2. The van der Waals surface area contributed by atoms with E-state index in [2.05, 4.69) is 10.6 Å². The standard InChI is InChI=1S/C16H25ClN2O2/c17-2-1-14(20)18-3-4-19-15(21)16-8-11-5-12(9-16)7-13(6-11)10-16/h11-13H,1-10H2,(H,18,20)(H,19,21). The van der Waals surface area contributed by atoms with Gasteiger partial charge in [-0.05, 0) is 56.3 Å². The number of nitrogens with one attached hydrogen (secondary N) is 2. The van der Waals surface area contributed by atoms with Crippen LogP contribution in [0, 0.1) is 23.2 Å². The molecule has 4 saturated carbocycles. The summed E-state index contributed by atoms with van der Waals surface area (Å²) in [5, 5.41) is 5.83. The van der Waals surface area contributed by atoms with Gasteiger partial charge in [0.25, 0.3) is 0 Å². The van der Waals surface area contributed by atoms with Crippen LogP contribution in [-0.4, -0.2) is 30.8 Å². The first-order chi connectivity index (χ1) is 10.1. The molecule has 4 nitrogen and oxygen atoms in total. The molecule has 0 aromatic rings. The van der Waals surface area contributed by atoms with Crippen LogP contribution in [0.2, 0.25) is 0 Å². The van der Waals surface area contributed by atoms with Gasteiger partial charge in [0.2, 0.25) is 11.8 Å². The maximum Gasteiger partial charge on any atom is 0.226 e. The molecule has 118 valence electrons. The zero-order chi connectivity index (χ0) is 14.9. The van der Waals surface area contributed by atoms with Gasteiger partial charge in [-0.3, -0.25) is 9.59 Å². The molecular weight excluding hydrogens is 288 g/mol. The molecule has 0 unspecified atom stereocenters. The molecular formula is C16H25ClN2O2. The van der Waals surface area contributed by atoms with Gasteiger partial charge in [0.05, 0.1) is 0 Å². The Kier molecular flexibility index (Phi) is 4.43. The minimum absolute atomic E-state index is 0.0472. The molecule has 0 radical (unpaired) electrons. The number of amides is 2. The van der Waals surface area contributed by atoms with Crippen molar-refractivity contribution in [3.8, 4) is 0 Å². The summed E-state index contributed by atoms with van der Waals surface area (Å²) in [4.78, 5) is 23.9. The van der Waals surface area contributed by atoms with E-state index in [1.54, 1.807) is 0 Å². The van der Waals surface area contributed by atoms with Crippen LogP contribution in [0.1, 0.15) is 44.9 Å². The molecule has 4 fully saturated rings. The smallest absolute Gasteiger partial charge is 0.226 e. The SMILES string of the molecule is O=C(CCCl)NCCNC(=O)C12CC3CC(CC(C3)C1)C2. The van der Waals surface area contributed by atoms with Crippen LogP contribution in [0.15, 0.2) is 0 Å². The first kappa shape index (κ1) is 15.1. The lowest BCUT2D eigenvalue weighted by Crippen LogP contribution is -2.54. The molecule has 4 rings (SSSR count). The molecule has 0 aromatic carbocycles. The number of carbonyl (C=O) groups is 2. The van der Waals surface area contributed by atoms with Crippen molar-refractivity contribution < 1.29 is 9.59 Å². The van der Waals surface area contributed by atoms with Gasteiger partial charge in [0, 0.05) is 30.8 Å². The van der Waals surface area contributed by atoms with Gasteiger partial charge in [-0.25, -0.2) is 0 Å². The predicted molar refractivity (Wildman–Crippen MR) is 82.0 cm³/mol. The third-order valence-corrected chi connectivity index (χ3v) is 5.76. The molecule has 0 heterocycles. The maximum absolute atomic E-state index is 12.6. The minimum atomic E-state index is -0.0884. The van der Waals surface area contributed by atoms with Gasteiger partial charge < -0.3 is 10.6 Å². The molecule has 2 N–H and O–H groups in total. The Hall–Kier alpha value is -0.770. The van der Waals surface area contributed by atoms with Gasteiger partial charge in [-0.1, -0.05) is 0 Å². The highest BCUT2D eigenvalue weighted by Crippen LogP contribution is 2.60. The third kappa shape index (κ3) is 3.20. The monoisotopic (exact) mass is 312 g/mol. The predicted octanol–water partition coefficient (Wildman–Crippen LogP) is 2.06. The Labute approximate surface area is 131 Å². The number of carbonyl (C=O) groups excluding carboxylic acids is 2. The average Bonchev–Trinajstić information content (AvgIpc) is 2.42. The molecule has 4 aliphatic carbocycles. The Bertz CT molecular complexity index is 389. The zero-order valence-electron chi connectivity index (χ0n) is 12.5. The molecule has 0 saturated heterocycles. The van der Waals surface area contributed by atoms with Crippen molar-refractivity contribution in [3.63, 3.8) is 0 Å². The fourth-order valence-corrected chi connectivity index (χ4v) is 5.30. The van der Waals surface area contributed by atoms with Crippen LogP contribution in [0.25, 0.3) is 0 Å². The van der Waals surface area contributed by atoms with Gasteiger partial charge in [0.15, 0.2) is 0 Å². The van der Waals surface area contributed by atoms with E-state index in [1.807, 2.05) is 0 Å². The van der Waals surface area contributed by atoms with E-state index in [4.69, 9.17) is 11.6 Å². The van der Waals surface area contributed by atoms with Gasteiger partial charge in [0.1, 0.15) is 0 Å². The van der Waals surface area contributed by atoms with E-state index in [9.17, 15) is 9.59 Å². The zero-order valence-corrected chi connectivity index (χ0v) is 13.3. The lowest BCUT2D eigenvalue weighted by Gasteiger charge is -2.55. The minimum Gasteiger partial charge on any atom is -0.354 e. The largest absolute Gasteiger partial charge is 0.354 e. The summed E-state index contributed by atoms with van der Waals surface area (Å²) in [6.07, 6.45) is 7.64. The second kappa shape index (κ2) is 6.15. The average molecular weight is 313 g/mol. The summed E-state index contributed by atoms with van der Waals surface area (Å²) in [5.41, 5.74) is -0.0884. The first-order valence-electron chi connectivity index (χ1n) is 8.22. The van der Waals surface area contributed by atoms with E-state index >= 15 is 0 Å². The van der Waals surface area contributed by atoms with E-state index in [0.29, 0.717) is 25.4 Å². The first-order valence-corrected chi connectivity index (χ1v) is 8.76. The topological polar surface area (TPSA) is 58.2 Å². The highest BCUT2D eigenvalue weighted by atomic mass is 35.5. The summed E-state index contributed by atoms with van der Waals surface area (Å²) in [5.74, 6) is 2.87. The lowest BCUT2D eigenvalue weighted by atomic mass is 9.49. The summed E-state index contributed by atoms with van der Waals surface area (Å²) in [7, 11) is 0. The Morgan fingerprint density at radius 2 is 1.48 bits per heavy atom. The molecule has 21 heavy (non-hydrogen) atoms. The van der Waals surface area contributed by atoms with Crippen molar-refractivity contribution in [1.29, 1.82) is 0 Å². The maximum atomic E-state index is 12.6. The number of halogens is 1. The van der Waals surface area contributed by atoms with Gasteiger partial charge >= 0.3 is 0 Å². The normalized spacial score (nSPS) is 36.5. The highest BCUT2D eigenvalue weighted by molar-refractivity contribution is 6.18. The van der Waals surface area contributed by atoms with Crippen molar-refractivity contribution in [3.05, 3.63) is 0 Å². The molecule has 0 aliphatic heterocycles. The molecule has 5 heteroatoms. The van der Waals surface area contributed by atoms with Crippen molar-refractivity contribution in [2.75, 3.05) is 19.0 Å². The number of hydrogen-bond acceptors (Lipinski definition) is 2. The quantitative estimate of drug-likeness (QED) is 0.582. The van der Waals surface area contributed by atoms with E-state index < -0.39 is 0 Å². The molecule has 0 spiro atoms. The van der Waals surface area contributed by atoms with E-state index in [0.717, 1.165) is 37.0 Å². The summed E-state index contributed by atoms with van der Waals surface area (Å²) >= 11 is 5.51.